The second-order valence-electron chi connectivity index (χ2n) is 5.03. The van der Waals surface area contributed by atoms with Gasteiger partial charge in [-0.25, -0.2) is 9.59 Å². The Balaban J connectivity index is 2.39. The van der Waals surface area contributed by atoms with Gasteiger partial charge in [0.2, 0.25) is 0 Å². The van der Waals surface area contributed by atoms with Crippen LogP contribution in [0.2, 0.25) is 0 Å². The van der Waals surface area contributed by atoms with Crippen molar-refractivity contribution >= 4 is 12.0 Å². The van der Waals surface area contributed by atoms with Crippen molar-refractivity contribution in [3.8, 4) is 0 Å². The van der Waals surface area contributed by atoms with Crippen LogP contribution in [-0.4, -0.2) is 77.4 Å². The quantitative estimate of drug-likeness (QED) is 0.610. The molecule has 0 aromatic heterocycles. The van der Waals surface area contributed by atoms with Crippen LogP contribution in [0.5, 0.6) is 0 Å². The molecule has 0 aromatic carbocycles. The largest absolute Gasteiger partial charge is 0.480 e. The number of nitrogens with one attached hydrogen (secondary N) is 1. The second-order valence-corrected chi connectivity index (χ2v) is 5.03. The molecule has 1 rings (SSSR count). The summed E-state index contributed by atoms with van der Waals surface area (Å²) in [5.41, 5.74) is 0. The number of piperazine rings is 1. The second kappa shape index (κ2) is 8.76. The molecule has 0 spiro atoms. The summed E-state index contributed by atoms with van der Waals surface area (Å²) in [5.74, 6) is -0.981. The van der Waals surface area contributed by atoms with Gasteiger partial charge in [-0.05, 0) is 6.42 Å². The Hall–Kier alpha value is -1.34. The molecular formula is C13H25N3O4. The molecule has 0 radical (unpaired) electrons. The number of urea groups is 1. The van der Waals surface area contributed by atoms with Gasteiger partial charge in [-0.15, -0.1) is 0 Å². The van der Waals surface area contributed by atoms with Crippen molar-refractivity contribution in [2.75, 3.05) is 39.3 Å². The number of carbonyl (C=O) groups excluding carboxylic acids is 1. The Morgan fingerprint density at radius 2 is 1.90 bits per heavy atom. The fourth-order valence-electron chi connectivity index (χ4n) is 2.22. The van der Waals surface area contributed by atoms with Crippen LogP contribution in [-0.2, 0) is 4.79 Å². The van der Waals surface area contributed by atoms with E-state index in [1.807, 2.05) is 6.92 Å². The number of unbranched alkanes of at least 4 members (excludes halogenated alkanes) is 1. The van der Waals surface area contributed by atoms with E-state index in [1.54, 1.807) is 4.90 Å². The van der Waals surface area contributed by atoms with Gasteiger partial charge in [0.25, 0.3) is 0 Å². The zero-order valence-corrected chi connectivity index (χ0v) is 12.0. The maximum Gasteiger partial charge on any atom is 0.326 e. The van der Waals surface area contributed by atoms with E-state index in [-0.39, 0.29) is 12.6 Å². The van der Waals surface area contributed by atoms with Gasteiger partial charge in [0.1, 0.15) is 6.04 Å². The topological polar surface area (TPSA) is 93.1 Å². The van der Waals surface area contributed by atoms with Crippen molar-refractivity contribution in [2.24, 2.45) is 0 Å². The number of aliphatic hydroxyl groups is 1. The fourth-order valence-corrected chi connectivity index (χ4v) is 2.22. The van der Waals surface area contributed by atoms with Gasteiger partial charge in [0.15, 0.2) is 0 Å². The number of carboxylic acid groups (broad SMARTS) is 1. The number of carbonyl (C=O) groups is 2. The summed E-state index contributed by atoms with van der Waals surface area (Å²) >= 11 is 0. The lowest BCUT2D eigenvalue weighted by Crippen LogP contribution is -2.54. The molecule has 1 aliphatic heterocycles. The molecule has 0 aliphatic carbocycles. The number of aliphatic hydroxyl groups excluding tert-OH is 1. The predicted molar refractivity (Wildman–Crippen MR) is 74.6 cm³/mol. The number of carboxylic acids is 1. The van der Waals surface area contributed by atoms with Crippen molar-refractivity contribution in [1.82, 2.24) is 15.1 Å². The van der Waals surface area contributed by atoms with Crippen LogP contribution >= 0.6 is 0 Å². The first-order valence-corrected chi connectivity index (χ1v) is 7.20. The van der Waals surface area contributed by atoms with Crippen LogP contribution in [0.25, 0.3) is 0 Å². The summed E-state index contributed by atoms with van der Waals surface area (Å²) in [6, 6.07) is -1.12. The Morgan fingerprint density at radius 1 is 1.25 bits per heavy atom. The highest BCUT2D eigenvalue weighted by Gasteiger charge is 2.25. The van der Waals surface area contributed by atoms with E-state index >= 15 is 0 Å². The van der Waals surface area contributed by atoms with Crippen LogP contribution < -0.4 is 5.32 Å². The molecule has 0 unspecified atom stereocenters. The van der Waals surface area contributed by atoms with E-state index < -0.39 is 12.0 Å². The molecule has 0 saturated carbocycles. The maximum atomic E-state index is 12.0. The Morgan fingerprint density at radius 3 is 2.40 bits per heavy atom. The van der Waals surface area contributed by atoms with Crippen molar-refractivity contribution in [2.45, 2.75) is 32.2 Å². The average Bonchev–Trinajstić information content (AvgIpc) is 2.44. The minimum Gasteiger partial charge on any atom is -0.480 e. The molecular weight excluding hydrogens is 262 g/mol. The first-order valence-electron chi connectivity index (χ1n) is 7.20. The van der Waals surface area contributed by atoms with Crippen molar-refractivity contribution in [1.29, 1.82) is 0 Å². The minimum absolute atomic E-state index is 0.115. The lowest BCUT2D eigenvalue weighted by Gasteiger charge is -2.34. The number of rotatable bonds is 7. The van der Waals surface area contributed by atoms with Crippen LogP contribution in [0.15, 0.2) is 0 Å². The summed E-state index contributed by atoms with van der Waals surface area (Å²) in [6.07, 6.45) is 2.14. The molecule has 0 aromatic rings. The summed E-state index contributed by atoms with van der Waals surface area (Å²) in [7, 11) is 0. The van der Waals surface area contributed by atoms with Gasteiger partial charge >= 0.3 is 12.0 Å². The normalized spacial score (nSPS) is 17.8. The van der Waals surface area contributed by atoms with E-state index in [0.717, 1.165) is 12.8 Å². The first-order chi connectivity index (χ1) is 9.58. The Kier molecular flexibility index (Phi) is 7.32. The van der Waals surface area contributed by atoms with Crippen molar-refractivity contribution in [3.05, 3.63) is 0 Å². The van der Waals surface area contributed by atoms with Gasteiger partial charge in [-0.1, -0.05) is 19.8 Å². The molecule has 7 nitrogen and oxygen atoms in total. The lowest BCUT2D eigenvalue weighted by molar-refractivity contribution is -0.139. The summed E-state index contributed by atoms with van der Waals surface area (Å²) in [6.45, 7) is 5.26. The number of hydrogen-bond acceptors (Lipinski definition) is 4. The third kappa shape index (κ3) is 5.34. The average molecular weight is 287 g/mol. The van der Waals surface area contributed by atoms with Crippen molar-refractivity contribution in [3.63, 3.8) is 0 Å². The zero-order valence-electron chi connectivity index (χ0n) is 12.0. The van der Waals surface area contributed by atoms with Crippen molar-refractivity contribution < 1.29 is 19.8 Å². The fraction of sp³-hybridized carbons (Fsp3) is 0.846. The molecule has 7 heteroatoms. The summed E-state index contributed by atoms with van der Waals surface area (Å²) in [5, 5.41) is 20.5. The van der Waals surface area contributed by atoms with E-state index in [9.17, 15) is 9.59 Å². The standard InChI is InChI=1S/C13H25N3O4/c1-2-3-4-11(12(18)19)14-13(20)16-7-5-15(6-8-16)9-10-17/h11,17H,2-10H2,1H3,(H,14,20)(H,18,19)/t11-/m0/s1. The third-order valence-corrected chi connectivity index (χ3v) is 3.52. The third-order valence-electron chi connectivity index (χ3n) is 3.52. The monoisotopic (exact) mass is 287 g/mol. The van der Waals surface area contributed by atoms with Gasteiger partial charge in [-0.2, -0.15) is 0 Å². The summed E-state index contributed by atoms with van der Waals surface area (Å²) < 4.78 is 0. The number of aliphatic carboxylic acids is 1. The number of hydrogen-bond donors (Lipinski definition) is 3. The summed E-state index contributed by atoms with van der Waals surface area (Å²) in [4.78, 5) is 26.8. The molecule has 1 atom stereocenters. The predicted octanol–water partition coefficient (Wildman–Crippen LogP) is -0.0507. The highest BCUT2D eigenvalue weighted by molar-refractivity contribution is 5.82. The SMILES string of the molecule is CCCC[C@H](NC(=O)N1CCN(CCO)CC1)C(=O)O. The molecule has 0 bridgehead atoms. The molecule has 1 fully saturated rings. The van der Waals surface area contributed by atoms with Crippen LogP contribution in [0.1, 0.15) is 26.2 Å². The molecule has 3 N–H and O–H groups in total. The smallest absolute Gasteiger partial charge is 0.326 e. The lowest BCUT2D eigenvalue weighted by atomic mass is 10.1. The first kappa shape index (κ1) is 16.7. The van der Waals surface area contributed by atoms with Gasteiger partial charge in [0.05, 0.1) is 6.61 Å². The zero-order chi connectivity index (χ0) is 15.0. The van der Waals surface area contributed by atoms with E-state index in [1.165, 1.54) is 0 Å². The van der Waals surface area contributed by atoms with Crippen LogP contribution in [0.4, 0.5) is 4.79 Å². The maximum absolute atomic E-state index is 12.0. The highest BCUT2D eigenvalue weighted by atomic mass is 16.4. The van der Waals surface area contributed by atoms with Gasteiger partial charge in [0, 0.05) is 32.7 Å². The minimum atomic E-state index is -0.981. The highest BCUT2D eigenvalue weighted by Crippen LogP contribution is 2.05. The molecule has 2 amide bonds. The van der Waals surface area contributed by atoms with Crippen LogP contribution in [0.3, 0.4) is 0 Å². The molecule has 1 heterocycles. The molecule has 1 saturated heterocycles. The van der Waals surface area contributed by atoms with Gasteiger partial charge < -0.3 is 20.4 Å². The number of nitrogens with zero attached hydrogens (tertiary/aromatic N) is 2. The van der Waals surface area contributed by atoms with E-state index in [0.29, 0.717) is 39.1 Å². The van der Waals surface area contributed by atoms with E-state index in [4.69, 9.17) is 10.2 Å². The molecule has 116 valence electrons. The Labute approximate surface area is 119 Å². The molecule has 20 heavy (non-hydrogen) atoms. The van der Waals surface area contributed by atoms with E-state index in [2.05, 4.69) is 10.2 Å². The number of amides is 2. The molecule has 1 aliphatic rings. The van der Waals surface area contributed by atoms with Crippen LogP contribution in [0, 0.1) is 0 Å². The van der Waals surface area contributed by atoms with Gasteiger partial charge in [-0.3, -0.25) is 4.90 Å². The number of β-amino-alcohol motifs (C(OH)–C–C–N with tert-alkyl or cyclic N) is 1. The Bertz CT molecular complexity index is 317.